The Kier molecular flexibility index (Phi) is 6.42. The lowest BCUT2D eigenvalue weighted by molar-refractivity contribution is 0.0137. The largest absolute Gasteiger partial charge is 0.492 e. The van der Waals surface area contributed by atoms with E-state index in [1.165, 1.54) is 0 Å². The van der Waals surface area contributed by atoms with E-state index in [-0.39, 0.29) is 11.9 Å². The molecule has 2 rings (SSSR count). The number of Topliss-reactive ketones (excluding diaryl/α,β-unsaturated/α-hetero) is 1. The fraction of sp³-hybridized carbons (Fsp3) is 0.579. The van der Waals surface area contributed by atoms with Crippen LogP contribution in [0.5, 0.6) is 5.75 Å². The minimum absolute atomic E-state index is 0.0312. The Labute approximate surface area is 149 Å². The Hall–Kier alpha value is -2.08. The highest BCUT2D eigenvalue weighted by molar-refractivity contribution is 5.94. The minimum atomic E-state index is -0.462. The van der Waals surface area contributed by atoms with Crippen molar-refractivity contribution >= 4 is 11.9 Å². The van der Waals surface area contributed by atoms with Crippen LogP contribution in [0.1, 0.15) is 38.1 Å². The first kappa shape index (κ1) is 19.2. The second-order valence-corrected chi connectivity index (χ2v) is 7.24. The maximum absolute atomic E-state index is 12.0. The predicted octanol–water partition coefficient (Wildman–Crippen LogP) is 2.82. The van der Waals surface area contributed by atoms with Crippen LogP contribution in [0.25, 0.3) is 0 Å². The molecule has 0 saturated carbocycles. The second kappa shape index (κ2) is 8.34. The van der Waals surface area contributed by atoms with Crippen LogP contribution in [0.3, 0.4) is 0 Å². The van der Waals surface area contributed by atoms with Crippen molar-refractivity contribution in [2.75, 3.05) is 39.3 Å². The zero-order valence-corrected chi connectivity index (χ0v) is 15.6. The van der Waals surface area contributed by atoms with Crippen LogP contribution in [-0.2, 0) is 4.74 Å². The van der Waals surface area contributed by atoms with E-state index in [0.717, 1.165) is 19.6 Å². The number of ether oxygens (including phenoxy) is 2. The van der Waals surface area contributed by atoms with E-state index in [1.807, 2.05) is 32.9 Å². The van der Waals surface area contributed by atoms with E-state index in [2.05, 4.69) is 4.90 Å². The molecule has 0 aliphatic carbocycles. The zero-order valence-electron chi connectivity index (χ0n) is 15.6. The van der Waals surface area contributed by atoms with Crippen LogP contribution in [0.15, 0.2) is 24.3 Å². The van der Waals surface area contributed by atoms with Gasteiger partial charge in [-0.1, -0.05) is 12.1 Å². The van der Waals surface area contributed by atoms with E-state index < -0.39 is 5.60 Å². The van der Waals surface area contributed by atoms with Gasteiger partial charge in [-0.15, -0.1) is 0 Å². The van der Waals surface area contributed by atoms with Gasteiger partial charge in [0.05, 0.1) is 0 Å². The number of piperazine rings is 1. The number of amides is 1. The fourth-order valence-corrected chi connectivity index (χ4v) is 2.58. The molecular formula is C19H28N2O4. The van der Waals surface area contributed by atoms with Crippen molar-refractivity contribution in [2.24, 2.45) is 0 Å². The molecule has 138 valence electrons. The van der Waals surface area contributed by atoms with E-state index >= 15 is 0 Å². The smallest absolute Gasteiger partial charge is 0.410 e. The van der Waals surface area contributed by atoms with Crippen molar-refractivity contribution in [1.82, 2.24) is 9.80 Å². The van der Waals surface area contributed by atoms with Gasteiger partial charge in [-0.3, -0.25) is 9.69 Å². The first-order valence-corrected chi connectivity index (χ1v) is 8.69. The van der Waals surface area contributed by atoms with Gasteiger partial charge in [-0.05, 0) is 39.8 Å². The lowest BCUT2D eigenvalue weighted by Crippen LogP contribution is -2.50. The van der Waals surface area contributed by atoms with Crippen LogP contribution < -0.4 is 4.74 Å². The molecule has 0 bridgehead atoms. The minimum Gasteiger partial charge on any atom is -0.492 e. The normalized spacial score (nSPS) is 15.8. The summed E-state index contributed by atoms with van der Waals surface area (Å²) in [6, 6.07) is 7.23. The summed E-state index contributed by atoms with van der Waals surface area (Å²) in [7, 11) is 0. The van der Waals surface area contributed by atoms with Gasteiger partial charge in [0.25, 0.3) is 0 Å². The maximum Gasteiger partial charge on any atom is 0.410 e. The molecule has 0 spiro atoms. The van der Waals surface area contributed by atoms with Crippen molar-refractivity contribution in [2.45, 2.75) is 33.3 Å². The maximum atomic E-state index is 12.0. The Morgan fingerprint density at radius 1 is 1.12 bits per heavy atom. The molecule has 1 amide bonds. The number of hydrogen-bond acceptors (Lipinski definition) is 5. The van der Waals surface area contributed by atoms with Crippen molar-refractivity contribution in [1.29, 1.82) is 0 Å². The monoisotopic (exact) mass is 348 g/mol. The molecule has 1 aromatic carbocycles. The first-order valence-electron chi connectivity index (χ1n) is 8.69. The molecule has 0 aromatic heterocycles. The zero-order chi connectivity index (χ0) is 18.4. The van der Waals surface area contributed by atoms with Crippen LogP contribution >= 0.6 is 0 Å². The summed E-state index contributed by atoms with van der Waals surface area (Å²) in [4.78, 5) is 27.4. The molecule has 1 aromatic rings. The number of benzene rings is 1. The highest BCUT2D eigenvalue weighted by Gasteiger charge is 2.25. The van der Waals surface area contributed by atoms with Gasteiger partial charge in [0.2, 0.25) is 0 Å². The summed E-state index contributed by atoms with van der Waals surface area (Å²) in [6.45, 7) is 11.4. The lowest BCUT2D eigenvalue weighted by Gasteiger charge is -2.35. The fourth-order valence-electron chi connectivity index (χ4n) is 2.58. The molecule has 1 heterocycles. The lowest BCUT2D eigenvalue weighted by atomic mass is 10.1. The number of carbonyl (C=O) groups is 2. The third-order valence-corrected chi connectivity index (χ3v) is 3.94. The quantitative estimate of drug-likeness (QED) is 0.766. The number of hydrogen-bond donors (Lipinski definition) is 0. The standard InChI is InChI=1S/C19H28N2O4/c1-15(22)16-6-5-7-17(14-16)24-13-12-20-8-10-21(11-9-20)18(23)25-19(2,3)4/h5-7,14H,8-13H2,1-4H3. The summed E-state index contributed by atoms with van der Waals surface area (Å²) < 4.78 is 11.1. The highest BCUT2D eigenvalue weighted by Crippen LogP contribution is 2.14. The van der Waals surface area contributed by atoms with Crippen LogP contribution in [0.2, 0.25) is 0 Å². The Bertz CT molecular complexity index is 602. The SMILES string of the molecule is CC(=O)c1cccc(OCCN2CCN(C(=O)OC(C)(C)C)CC2)c1. The molecule has 0 atom stereocenters. The molecule has 6 heteroatoms. The molecule has 0 unspecified atom stereocenters. The van der Waals surface area contributed by atoms with Crippen LogP contribution in [0, 0.1) is 0 Å². The Balaban J connectivity index is 1.71. The molecule has 1 fully saturated rings. The third-order valence-electron chi connectivity index (χ3n) is 3.94. The van der Waals surface area contributed by atoms with Gasteiger partial charge in [-0.25, -0.2) is 4.79 Å². The molecule has 1 aliphatic rings. The summed E-state index contributed by atoms with van der Waals surface area (Å²) in [5, 5.41) is 0. The van der Waals surface area contributed by atoms with Gasteiger partial charge in [0.15, 0.2) is 5.78 Å². The van der Waals surface area contributed by atoms with Gasteiger partial charge < -0.3 is 14.4 Å². The Morgan fingerprint density at radius 2 is 1.80 bits per heavy atom. The average Bonchev–Trinajstić information content (AvgIpc) is 2.54. The van der Waals surface area contributed by atoms with Gasteiger partial charge in [0, 0.05) is 38.3 Å². The first-order chi connectivity index (χ1) is 11.7. The number of carbonyl (C=O) groups excluding carboxylic acids is 2. The summed E-state index contributed by atoms with van der Waals surface area (Å²) in [5.74, 6) is 0.740. The topological polar surface area (TPSA) is 59.1 Å². The summed E-state index contributed by atoms with van der Waals surface area (Å²) in [5.41, 5.74) is 0.194. The van der Waals surface area contributed by atoms with Crippen molar-refractivity contribution in [3.63, 3.8) is 0 Å². The number of rotatable bonds is 5. The molecule has 1 saturated heterocycles. The molecular weight excluding hydrogens is 320 g/mol. The van der Waals surface area contributed by atoms with Crippen molar-refractivity contribution in [3.8, 4) is 5.75 Å². The van der Waals surface area contributed by atoms with Crippen molar-refractivity contribution < 1.29 is 19.1 Å². The van der Waals surface area contributed by atoms with Crippen LogP contribution in [-0.4, -0.2) is 66.6 Å². The van der Waals surface area contributed by atoms with Crippen LogP contribution in [0.4, 0.5) is 4.79 Å². The van der Waals surface area contributed by atoms with E-state index in [0.29, 0.717) is 31.0 Å². The Morgan fingerprint density at radius 3 is 2.40 bits per heavy atom. The van der Waals surface area contributed by atoms with Gasteiger partial charge >= 0.3 is 6.09 Å². The molecule has 0 radical (unpaired) electrons. The third kappa shape index (κ3) is 6.38. The van der Waals surface area contributed by atoms with Gasteiger partial charge in [-0.2, -0.15) is 0 Å². The summed E-state index contributed by atoms with van der Waals surface area (Å²) >= 11 is 0. The van der Waals surface area contributed by atoms with Crippen molar-refractivity contribution in [3.05, 3.63) is 29.8 Å². The van der Waals surface area contributed by atoms with Gasteiger partial charge in [0.1, 0.15) is 18.0 Å². The molecule has 25 heavy (non-hydrogen) atoms. The summed E-state index contributed by atoms with van der Waals surface area (Å²) in [6.07, 6.45) is -0.246. The molecule has 1 aliphatic heterocycles. The van der Waals surface area contributed by atoms with E-state index in [1.54, 1.807) is 24.0 Å². The average molecular weight is 348 g/mol. The molecule has 0 N–H and O–H groups in total. The van der Waals surface area contributed by atoms with E-state index in [9.17, 15) is 9.59 Å². The second-order valence-electron chi connectivity index (χ2n) is 7.24. The van der Waals surface area contributed by atoms with E-state index in [4.69, 9.17) is 9.47 Å². The highest BCUT2D eigenvalue weighted by atomic mass is 16.6. The number of nitrogens with zero attached hydrogens (tertiary/aromatic N) is 2. The number of ketones is 1. The predicted molar refractivity (Wildman–Crippen MR) is 96.2 cm³/mol. The molecule has 6 nitrogen and oxygen atoms in total.